The number of benzene rings is 3. The molecule has 45 heavy (non-hydrogen) atoms. The van der Waals surface area contributed by atoms with Crippen LogP contribution in [0.25, 0.3) is 21.8 Å². The van der Waals surface area contributed by atoms with E-state index in [1.54, 1.807) is 19.2 Å². The van der Waals surface area contributed by atoms with Crippen molar-refractivity contribution in [3.8, 4) is 11.5 Å². The zero-order valence-electron chi connectivity index (χ0n) is 26.4. The third kappa shape index (κ3) is 8.99. The highest BCUT2D eigenvalue weighted by Crippen LogP contribution is 2.33. The highest BCUT2D eigenvalue weighted by molar-refractivity contribution is 6.32. The number of rotatable bonds is 14. The first-order chi connectivity index (χ1) is 22.1. The fraction of sp³-hybridized carbons (Fsp3) is 0.400. The number of fused-ring (bicyclic) bond motifs is 3. The molecule has 3 aromatic carbocycles. The molecule has 5 rings (SSSR count). The number of hydrogen-bond acceptors (Lipinski definition) is 7. The van der Waals surface area contributed by atoms with Crippen LogP contribution in [-0.4, -0.2) is 73.7 Å². The Bertz CT molecular complexity index is 1580. The lowest BCUT2D eigenvalue weighted by atomic mass is 10.0. The maximum Gasteiger partial charge on any atom is 0.260 e. The first kappa shape index (κ1) is 33.8. The van der Waals surface area contributed by atoms with E-state index in [4.69, 9.17) is 21.1 Å². The number of aldehydes is 1. The fourth-order valence-corrected chi connectivity index (χ4v) is 5.74. The third-order valence-corrected chi connectivity index (χ3v) is 8.01. The van der Waals surface area contributed by atoms with E-state index < -0.39 is 0 Å². The molecule has 9 nitrogen and oxygen atoms in total. The van der Waals surface area contributed by atoms with Gasteiger partial charge < -0.3 is 34.9 Å². The van der Waals surface area contributed by atoms with Gasteiger partial charge in [0.25, 0.3) is 5.91 Å². The highest BCUT2D eigenvalue weighted by Gasteiger charge is 2.23. The number of hydrazone groups is 1. The molecule has 4 aromatic rings. The lowest BCUT2D eigenvalue weighted by molar-refractivity contribution is -0.134. The lowest BCUT2D eigenvalue weighted by Crippen LogP contribution is -2.46. The average Bonchev–Trinajstić information content (AvgIpc) is 3.46. The van der Waals surface area contributed by atoms with Gasteiger partial charge in [-0.25, -0.2) is 0 Å². The largest absolute Gasteiger partial charge is 0.493 e. The van der Waals surface area contributed by atoms with E-state index in [1.807, 2.05) is 49.1 Å². The van der Waals surface area contributed by atoms with Gasteiger partial charge in [-0.2, -0.15) is 5.10 Å². The van der Waals surface area contributed by atoms with Gasteiger partial charge >= 0.3 is 0 Å². The molecule has 1 aliphatic heterocycles. The number of carbonyl (C=O) groups is 2. The van der Waals surface area contributed by atoms with Crippen LogP contribution in [-0.2, 0) is 9.59 Å². The molecule has 10 heteroatoms. The van der Waals surface area contributed by atoms with Crippen LogP contribution in [0.15, 0.2) is 65.8 Å². The second-order valence-corrected chi connectivity index (χ2v) is 11.0. The second kappa shape index (κ2) is 17.4. The summed E-state index contributed by atoms with van der Waals surface area (Å²) in [4.78, 5) is 28.9. The Kier molecular flexibility index (Phi) is 13.1. The minimum Gasteiger partial charge on any atom is -0.493 e. The lowest BCUT2D eigenvalue weighted by Gasteiger charge is -2.32. The first-order valence-corrected chi connectivity index (χ1v) is 16.2. The average molecular weight is 634 g/mol. The molecule has 1 saturated heterocycles. The molecule has 0 radical (unpaired) electrons. The number of hydrogen-bond donors (Lipinski definition) is 3. The normalized spacial score (nSPS) is 13.8. The van der Waals surface area contributed by atoms with Crippen molar-refractivity contribution in [1.82, 2.24) is 20.6 Å². The highest BCUT2D eigenvalue weighted by atomic mass is 35.5. The molecular weight excluding hydrogens is 590 g/mol. The zero-order valence-corrected chi connectivity index (χ0v) is 27.2. The molecule has 1 amide bonds. The van der Waals surface area contributed by atoms with E-state index in [0.717, 1.165) is 65.5 Å². The van der Waals surface area contributed by atoms with Crippen LogP contribution in [0.3, 0.4) is 0 Å². The molecule has 3 N–H and O–H groups in total. The SMILES string of the molecule is CC.CN/N=C(\CCC=O)c1ccc(OCC(=O)N2CCC(NCCCOc3cccc4[nH]c5ccccc5c34)CC2)c(Cl)c1. The van der Waals surface area contributed by atoms with Crippen LogP contribution < -0.4 is 20.2 Å². The fourth-order valence-electron chi connectivity index (χ4n) is 5.51. The summed E-state index contributed by atoms with van der Waals surface area (Å²) >= 11 is 6.43. The molecule has 1 aromatic heterocycles. The van der Waals surface area contributed by atoms with Gasteiger partial charge in [-0.15, -0.1) is 0 Å². The summed E-state index contributed by atoms with van der Waals surface area (Å²) in [6.45, 7) is 6.79. The number of aromatic amines is 1. The van der Waals surface area contributed by atoms with Crippen LogP contribution in [0.1, 0.15) is 51.5 Å². The number of likely N-dealkylation sites (tertiary alicyclic amines) is 1. The molecule has 240 valence electrons. The Hall–Kier alpha value is -4.08. The van der Waals surface area contributed by atoms with Crippen molar-refractivity contribution in [3.63, 3.8) is 0 Å². The van der Waals surface area contributed by atoms with Crippen molar-refractivity contribution in [2.75, 3.05) is 39.9 Å². The number of H-pyrrole nitrogens is 1. The molecule has 0 bridgehead atoms. The van der Waals surface area contributed by atoms with Gasteiger partial charge in [0.05, 0.1) is 22.9 Å². The van der Waals surface area contributed by atoms with Crippen LogP contribution in [0.5, 0.6) is 11.5 Å². The monoisotopic (exact) mass is 633 g/mol. The van der Waals surface area contributed by atoms with E-state index in [-0.39, 0.29) is 12.5 Å². The van der Waals surface area contributed by atoms with Crippen molar-refractivity contribution in [2.24, 2.45) is 5.10 Å². The quantitative estimate of drug-likeness (QED) is 0.0648. The number of aromatic nitrogens is 1. The zero-order chi connectivity index (χ0) is 32.0. The van der Waals surface area contributed by atoms with Crippen molar-refractivity contribution >= 4 is 51.3 Å². The first-order valence-electron chi connectivity index (χ1n) is 15.8. The van der Waals surface area contributed by atoms with Crippen molar-refractivity contribution in [1.29, 1.82) is 0 Å². The van der Waals surface area contributed by atoms with Gasteiger partial charge in [0, 0.05) is 48.9 Å². The molecule has 0 aliphatic carbocycles. The molecule has 1 fully saturated rings. The summed E-state index contributed by atoms with van der Waals surface area (Å²) in [6.07, 6.45) is 4.41. The van der Waals surface area contributed by atoms with Gasteiger partial charge in [-0.05, 0) is 74.2 Å². The topological polar surface area (TPSA) is 108 Å². The molecular formula is C35H44ClN5O4. The number of nitrogens with one attached hydrogen (secondary N) is 3. The number of halogens is 1. The number of ether oxygens (including phenoxy) is 2. The standard InChI is InChI=1S/C33H38ClN5O4.C2H6/c1-35-38-27(10-5-19-40)23-12-13-30(26(34)21-23)43-22-32(41)39-17-14-24(15-18-39)36-16-6-20-42-31-11-4-9-29-33(31)25-7-2-3-8-28(25)37-29;1-2/h2-4,7-9,11-13,19,21,24,35-37H,5-6,10,14-18,20,22H2,1H3;1-2H3/b38-27+;. The van der Waals surface area contributed by atoms with Crippen LogP contribution in [0, 0.1) is 0 Å². The summed E-state index contributed by atoms with van der Waals surface area (Å²) in [5.41, 5.74) is 6.48. The Balaban J connectivity index is 0.00000226. The Morgan fingerprint density at radius 1 is 1.04 bits per heavy atom. The van der Waals surface area contributed by atoms with Gasteiger partial charge in [0.15, 0.2) is 6.61 Å². The molecule has 0 atom stereocenters. The molecule has 0 unspecified atom stereocenters. The maximum absolute atomic E-state index is 12.8. The minimum atomic E-state index is -0.0692. The smallest absolute Gasteiger partial charge is 0.260 e. The number of amides is 1. The van der Waals surface area contributed by atoms with E-state index >= 15 is 0 Å². The van der Waals surface area contributed by atoms with Crippen LogP contribution >= 0.6 is 11.6 Å². The van der Waals surface area contributed by atoms with Crippen molar-refractivity contribution in [2.45, 2.75) is 52.0 Å². The number of nitrogens with zero attached hydrogens (tertiary/aromatic N) is 2. The predicted molar refractivity (Wildman–Crippen MR) is 183 cm³/mol. The van der Waals surface area contributed by atoms with E-state index in [0.29, 0.717) is 49.4 Å². The Morgan fingerprint density at radius 2 is 1.82 bits per heavy atom. The van der Waals surface area contributed by atoms with Gasteiger partial charge in [-0.3, -0.25) is 4.79 Å². The van der Waals surface area contributed by atoms with Gasteiger partial charge in [0.1, 0.15) is 17.8 Å². The van der Waals surface area contributed by atoms with E-state index in [1.165, 1.54) is 5.39 Å². The van der Waals surface area contributed by atoms with Gasteiger partial charge in [-0.1, -0.05) is 49.7 Å². The maximum atomic E-state index is 12.8. The predicted octanol–water partition coefficient (Wildman–Crippen LogP) is 6.33. The van der Waals surface area contributed by atoms with Crippen molar-refractivity contribution < 1.29 is 19.1 Å². The summed E-state index contributed by atoms with van der Waals surface area (Å²) in [5, 5.41) is 10.6. The number of para-hydroxylation sites is 1. The molecule has 1 aliphatic rings. The summed E-state index contributed by atoms with van der Waals surface area (Å²) in [7, 11) is 1.70. The van der Waals surface area contributed by atoms with Gasteiger partial charge in [0.2, 0.25) is 0 Å². The minimum absolute atomic E-state index is 0.0538. The molecule has 0 spiro atoms. The van der Waals surface area contributed by atoms with E-state index in [2.05, 4.69) is 39.0 Å². The molecule has 0 saturated carbocycles. The summed E-state index contributed by atoms with van der Waals surface area (Å²) in [6, 6.07) is 20.1. The van der Waals surface area contributed by atoms with Crippen LogP contribution in [0.4, 0.5) is 0 Å². The van der Waals surface area contributed by atoms with Crippen molar-refractivity contribution in [3.05, 3.63) is 71.2 Å². The third-order valence-electron chi connectivity index (χ3n) is 7.71. The van der Waals surface area contributed by atoms with Crippen LogP contribution in [0.2, 0.25) is 5.02 Å². The Morgan fingerprint density at radius 3 is 2.58 bits per heavy atom. The number of carbonyl (C=O) groups excluding carboxylic acids is 2. The second-order valence-electron chi connectivity index (χ2n) is 10.6. The summed E-state index contributed by atoms with van der Waals surface area (Å²) in [5.74, 6) is 1.29. The Labute approximate surface area is 270 Å². The summed E-state index contributed by atoms with van der Waals surface area (Å²) < 4.78 is 11.9. The number of piperidine rings is 1. The molecule has 2 heterocycles. The van der Waals surface area contributed by atoms with E-state index in [9.17, 15) is 9.59 Å².